The Morgan fingerprint density at radius 3 is 3.00 bits per heavy atom. The van der Waals surface area contributed by atoms with Crippen LogP contribution in [0.25, 0.3) is 0 Å². The molecular formula is C7H13BO2. The third-order valence-electron chi connectivity index (χ3n) is 2.19. The first-order chi connectivity index (χ1) is 4.79. The average molecular weight is 140 g/mol. The van der Waals surface area contributed by atoms with Crippen LogP contribution >= 0.6 is 0 Å². The number of carboxylic acid groups (broad SMARTS) is 1. The average Bonchev–Trinajstić information content (AvgIpc) is 1.88. The normalized spacial score (nSPS) is 25.4. The van der Waals surface area contributed by atoms with Gasteiger partial charge in [0.05, 0.1) is 0 Å². The molecule has 1 atom stereocenters. The molecule has 3 heteroatoms. The Bertz CT molecular complexity index is 119. The van der Waals surface area contributed by atoms with Crippen LogP contribution in [0.1, 0.15) is 19.3 Å². The molecule has 1 aliphatic rings. The summed E-state index contributed by atoms with van der Waals surface area (Å²) in [6.07, 6.45) is 5.19. The summed E-state index contributed by atoms with van der Waals surface area (Å²) in [7, 11) is 1.23. The lowest BCUT2D eigenvalue weighted by Crippen LogP contribution is -2.14. The van der Waals surface area contributed by atoms with Crippen molar-refractivity contribution in [3.8, 4) is 0 Å². The first-order valence-electron chi connectivity index (χ1n) is 4.01. The lowest BCUT2D eigenvalue weighted by Gasteiger charge is -2.18. The zero-order valence-corrected chi connectivity index (χ0v) is 6.18. The molecule has 0 radical (unpaired) electrons. The van der Waals surface area contributed by atoms with Gasteiger partial charge in [-0.1, -0.05) is 25.5 Å². The van der Waals surface area contributed by atoms with Gasteiger partial charge in [-0.2, -0.15) is 0 Å². The summed E-state index contributed by atoms with van der Waals surface area (Å²) in [5.74, 6) is -0.154. The Morgan fingerprint density at radius 1 is 1.70 bits per heavy atom. The van der Waals surface area contributed by atoms with Crippen LogP contribution in [0.15, 0.2) is 0 Å². The summed E-state index contributed by atoms with van der Waals surface area (Å²) in [5.41, 5.74) is 0. The maximum Gasteiger partial charge on any atom is 0.303 e. The van der Waals surface area contributed by atoms with Gasteiger partial charge in [0.2, 0.25) is 0 Å². The molecule has 0 saturated carbocycles. The summed E-state index contributed by atoms with van der Waals surface area (Å²) in [4.78, 5) is 10.3. The minimum absolute atomic E-state index is 0.389. The topological polar surface area (TPSA) is 37.3 Å². The van der Waals surface area contributed by atoms with Crippen molar-refractivity contribution in [2.45, 2.75) is 31.9 Å². The molecule has 0 aromatic rings. The molecule has 0 spiro atoms. The summed E-state index contributed by atoms with van der Waals surface area (Å²) < 4.78 is 0. The molecule has 1 aliphatic heterocycles. The van der Waals surface area contributed by atoms with E-state index in [4.69, 9.17) is 5.11 Å². The van der Waals surface area contributed by atoms with Gasteiger partial charge in [-0.3, -0.25) is 4.79 Å². The summed E-state index contributed by atoms with van der Waals surface area (Å²) in [5, 5.41) is 8.47. The molecule has 1 fully saturated rings. The zero-order valence-electron chi connectivity index (χ0n) is 6.18. The number of carboxylic acids is 1. The maximum atomic E-state index is 10.3. The second-order valence-corrected chi connectivity index (χ2v) is 3.10. The second-order valence-electron chi connectivity index (χ2n) is 3.10. The number of rotatable bonds is 2. The van der Waals surface area contributed by atoms with E-state index in [1.807, 2.05) is 0 Å². The van der Waals surface area contributed by atoms with E-state index in [1.54, 1.807) is 0 Å². The highest BCUT2D eigenvalue weighted by Gasteiger charge is 2.16. The quantitative estimate of drug-likeness (QED) is 0.584. The number of hydrogen-bond acceptors (Lipinski definition) is 1. The predicted molar refractivity (Wildman–Crippen MR) is 41.7 cm³/mol. The second kappa shape index (κ2) is 3.64. The van der Waals surface area contributed by atoms with Gasteiger partial charge < -0.3 is 5.11 Å². The smallest absolute Gasteiger partial charge is 0.303 e. The first kappa shape index (κ1) is 7.64. The van der Waals surface area contributed by atoms with E-state index < -0.39 is 5.97 Å². The molecule has 1 unspecified atom stereocenters. The summed E-state index contributed by atoms with van der Waals surface area (Å²) in [6, 6.07) is 0. The van der Waals surface area contributed by atoms with Gasteiger partial charge in [-0.15, -0.1) is 0 Å². The van der Waals surface area contributed by atoms with Crippen LogP contribution in [-0.2, 0) is 4.79 Å². The van der Waals surface area contributed by atoms with Crippen LogP contribution < -0.4 is 0 Å². The van der Waals surface area contributed by atoms with E-state index in [9.17, 15) is 4.79 Å². The van der Waals surface area contributed by atoms with Crippen molar-refractivity contribution in [2.75, 3.05) is 0 Å². The molecule has 0 bridgehead atoms. The molecule has 0 aliphatic carbocycles. The molecular weight excluding hydrogens is 127 g/mol. The Kier molecular flexibility index (Phi) is 2.78. The van der Waals surface area contributed by atoms with Gasteiger partial charge in [-0.05, 0) is 5.92 Å². The molecule has 1 heterocycles. The molecule has 56 valence electrons. The van der Waals surface area contributed by atoms with Crippen LogP contribution in [0, 0.1) is 5.92 Å². The molecule has 1 rings (SSSR count). The predicted octanol–water partition coefficient (Wildman–Crippen LogP) is 1.14. The van der Waals surface area contributed by atoms with Crippen LogP contribution in [0.4, 0.5) is 0 Å². The Labute approximate surface area is 61.9 Å². The molecule has 1 N–H and O–H groups in total. The third kappa shape index (κ3) is 2.42. The van der Waals surface area contributed by atoms with E-state index in [2.05, 4.69) is 0 Å². The van der Waals surface area contributed by atoms with E-state index in [0.29, 0.717) is 12.3 Å². The standard InChI is InChI=1S/C7H13BO2/c9-7(10)4-6-2-1-3-8-5-6/h6,8H,1-5H2,(H,9,10). The summed E-state index contributed by atoms with van der Waals surface area (Å²) in [6.45, 7) is 0. The van der Waals surface area contributed by atoms with Crippen molar-refractivity contribution >= 4 is 13.2 Å². The fraction of sp³-hybridized carbons (Fsp3) is 0.857. The van der Waals surface area contributed by atoms with E-state index in [1.165, 1.54) is 20.0 Å². The van der Waals surface area contributed by atoms with E-state index >= 15 is 0 Å². The number of aliphatic carboxylic acids is 1. The number of hydrogen-bond donors (Lipinski definition) is 1. The highest BCUT2D eigenvalue weighted by atomic mass is 16.4. The maximum absolute atomic E-state index is 10.3. The van der Waals surface area contributed by atoms with Crippen molar-refractivity contribution in [1.29, 1.82) is 0 Å². The van der Waals surface area contributed by atoms with Crippen LogP contribution in [-0.4, -0.2) is 18.4 Å². The highest BCUT2D eigenvalue weighted by molar-refractivity contribution is 6.35. The van der Waals surface area contributed by atoms with Gasteiger partial charge >= 0.3 is 5.97 Å². The third-order valence-corrected chi connectivity index (χ3v) is 2.19. The van der Waals surface area contributed by atoms with Gasteiger partial charge in [0, 0.05) is 6.42 Å². The molecule has 0 amide bonds. The minimum Gasteiger partial charge on any atom is -0.481 e. The Hall–Kier alpha value is -0.465. The SMILES string of the molecule is O=C(O)CC1CBCCC1. The molecule has 0 aromatic heterocycles. The molecule has 1 saturated heterocycles. The Balaban J connectivity index is 2.19. The molecule has 2 nitrogen and oxygen atoms in total. The zero-order chi connectivity index (χ0) is 7.40. The van der Waals surface area contributed by atoms with E-state index in [0.717, 1.165) is 12.7 Å². The fourth-order valence-electron chi connectivity index (χ4n) is 1.64. The summed E-state index contributed by atoms with van der Waals surface area (Å²) >= 11 is 0. The first-order valence-corrected chi connectivity index (χ1v) is 4.01. The largest absolute Gasteiger partial charge is 0.481 e. The van der Waals surface area contributed by atoms with Crippen LogP contribution in [0.2, 0.25) is 12.6 Å². The van der Waals surface area contributed by atoms with Gasteiger partial charge in [0.15, 0.2) is 0 Å². The van der Waals surface area contributed by atoms with E-state index in [-0.39, 0.29) is 0 Å². The molecule has 10 heavy (non-hydrogen) atoms. The van der Waals surface area contributed by atoms with Crippen molar-refractivity contribution in [1.82, 2.24) is 0 Å². The van der Waals surface area contributed by atoms with Gasteiger partial charge in [0.1, 0.15) is 7.28 Å². The van der Waals surface area contributed by atoms with Gasteiger partial charge in [0.25, 0.3) is 0 Å². The minimum atomic E-state index is -0.632. The number of carbonyl (C=O) groups is 1. The van der Waals surface area contributed by atoms with Crippen molar-refractivity contribution < 1.29 is 9.90 Å². The highest BCUT2D eigenvalue weighted by Crippen LogP contribution is 2.22. The lowest BCUT2D eigenvalue weighted by atomic mass is 9.60. The monoisotopic (exact) mass is 140 g/mol. The van der Waals surface area contributed by atoms with Crippen molar-refractivity contribution in [3.05, 3.63) is 0 Å². The molecule has 0 aromatic carbocycles. The van der Waals surface area contributed by atoms with Crippen molar-refractivity contribution in [2.24, 2.45) is 5.92 Å². The lowest BCUT2D eigenvalue weighted by molar-refractivity contribution is -0.138. The van der Waals surface area contributed by atoms with Crippen molar-refractivity contribution in [3.63, 3.8) is 0 Å². The van der Waals surface area contributed by atoms with Gasteiger partial charge in [-0.25, -0.2) is 0 Å². The van der Waals surface area contributed by atoms with Crippen LogP contribution in [0.3, 0.4) is 0 Å². The fourth-order valence-corrected chi connectivity index (χ4v) is 1.64. The van der Waals surface area contributed by atoms with Crippen LogP contribution in [0.5, 0.6) is 0 Å². The Morgan fingerprint density at radius 2 is 2.50 bits per heavy atom.